The van der Waals surface area contributed by atoms with Crippen LogP contribution in [0.3, 0.4) is 0 Å². The quantitative estimate of drug-likeness (QED) is 0.657. The van der Waals surface area contributed by atoms with Crippen LogP contribution < -0.4 is 4.74 Å². The van der Waals surface area contributed by atoms with E-state index in [0.29, 0.717) is 31.5 Å². The molecule has 35 heavy (non-hydrogen) atoms. The van der Waals surface area contributed by atoms with Crippen molar-refractivity contribution in [1.82, 2.24) is 19.7 Å². The summed E-state index contributed by atoms with van der Waals surface area (Å²) in [5.74, 6) is 0.262. The Morgan fingerprint density at radius 3 is 2.66 bits per heavy atom. The van der Waals surface area contributed by atoms with Gasteiger partial charge in [-0.3, -0.25) is 19.4 Å². The van der Waals surface area contributed by atoms with Gasteiger partial charge in [0.2, 0.25) is 5.91 Å². The first-order valence-corrected chi connectivity index (χ1v) is 12.2. The first-order chi connectivity index (χ1) is 16.8. The minimum Gasteiger partial charge on any atom is -0.483 e. The maximum atomic E-state index is 13.3. The third kappa shape index (κ3) is 7.04. The van der Waals surface area contributed by atoms with E-state index < -0.39 is 6.04 Å². The zero-order valence-electron chi connectivity index (χ0n) is 21.2. The average Bonchev–Trinajstić information content (AvgIpc) is 2.87. The molecule has 2 aromatic rings. The van der Waals surface area contributed by atoms with E-state index in [2.05, 4.69) is 4.98 Å². The van der Waals surface area contributed by atoms with Gasteiger partial charge in [-0.1, -0.05) is 18.2 Å². The molecule has 0 unspecified atom stereocenters. The van der Waals surface area contributed by atoms with E-state index in [1.54, 1.807) is 43.2 Å². The summed E-state index contributed by atoms with van der Waals surface area (Å²) in [7, 11) is 5.18. The fraction of sp³-hybridized carbons (Fsp3) is 0.481. The van der Waals surface area contributed by atoms with Crippen molar-refractivity contribution in [3.8, 4) is 5.75 Å². The molecule has 0 radical (unpaired) electrons. The fourth-order valence-electron chi connectivity index (χ4n) is 4.22. The summed E-state index contributed by atoms with van der Waals surface area (Å²) in [6, 6.07) is 10.7. The van der Waals surface area contributed by atoms with Crippen LogP contribution in [-0.4, -0.2) is 84.3 Å². The lowest BCUT2D eigenvalue weighted by molar-refractivity contribution is -0.145. The second-order valence-corrected chi connectivity index (χ2v) is 9.19. The van der Waals surface area contributed by atoms with Crippen LogP contribution in [0.25, 0.3) is 0 Å². The molecule has 1 aliphatic rings. The predicted molar refractivity (Wildman–Crippen MR) is 134 cm³/mol. The van der Waals surface area contributed by atoms with E-state index in [1.165, 1.54) is 4.90 Å². The number of amides is 3. The Morgan fingerprint density at radius 1 is 1.14 bits per heavy atom. The van der Waals surface area contributed by atoms with Gasteiger partial charge in [-0.25, -0.2) is 0 Å². The summed E-state index contributed by atoms with van der Waals surface area (Å²) in [5.41, 5.74) is 2.45. The minimum atomic E-state index is -0.614. The lowest BCUT2D eigenvalue weighted by Crippen LogP contribution is -2.50. The smallest absolute Gasteiger partial charge is 0.260 e. The molecule has 0 saturated heterocycles. The van der Waals surface area contributed by atoms with E-state index in [-0.39, 0.29) is 24.3 Å². The molecule has 188 valence electrons. The summed E-state index contributed by atoms with van der Waals surface area (Å²) < 4.78 is 5.85. The number of aryl methyl sites for hydroxylation is 2. The van der Waals surface area contributed by atoms with Crippen molar-refractivity contribution < 1.29 is 19.1 Å². The number of aromatic nitrogens is 1. The number of para-hydroxylation sites is 1. The van der Waals surface area contributed by atoms with Crippen molar-refractivity contribution in [2.75, 3.05) is 40.8 Å². The summed E-state index contributed by atoms with van der Waals surface area (Å²) >= 11 is 0. The van der Waals surface area contributed by atoms with Gasteiger partial charge in [-0.05, 0) is 62.8 Å². The van der Waals surface area contributed by atoms with Crippen LogP contribution in [-0.2, 0) is 16.0 Å². The molecule has 0 N–H and O–H groups in total. The summed E-state index contributed by atoms with van der Waals surface area (Å²) in [6.45, 7) is 2.84. The molecule has 2 heterocycles. The first-order valence-electron chi connectivity index (χ1n) is 12.2. The molecule has 0 aliphatic carbocycles. The van der Waals surface area contributed by atoms with Crippen LogP contribution in [0.4, 0.5) is 0 Å². The summed E-state index contributed by atoms with van der Waals surface area (Å²) in [4.78, 5) is 48.0. The highest BCUT2D eigenvalue weighted by molar-refractivity contribution is 5.93. The molecule has 1 atom stereocenters. The molecule has 3 rings (SSSR count). The maximum Gasteiger partial charge on any atom is 0.260 e. The normalized spacial score (nSPS) is 17.5. The Morgan fingerprint density at radius 2 is 1.91 bits per heavy atom. The van der Waals surface area contributed by atoms with Gasteiger partial charge in [0.1, 0.15) is 11.8 Å². The van der Waals surface area contributed by atoms with Crippen molar-refractivity contribution in [1.29, 1.82) is 0 Å². The number of hydrogen-bond donors (Lipinski definition) is 0. The van der Waals surface area contributed by atoms with E-state index in [9.17, 15) is 14.4 Å². The van der Waals surface area contributed by atoms with Crippen molar-refractivity contribution in [3.05, 3.63) is 59.4 Å². The Labute approximate surface area is 207 Å². The highest BCUT2D eigenvalue weighted by Gasteiger charge is 2.29. The zero-order chi connectivity index (χ0) is 25.4. The minimum absolute atomic E-state index is 0.0886. The van der Waals surface area contributed by atoms with Gasteiger partial charge in [0.15, 0.2) is 6.61 Å². The molecule has 0 spiro atoms. The van der Waals surface area contributed by atoms with E-state index in [1.807, 2.05) is 37.3 Å². The second-order valence-electron chi connectivity index (χ2n) is 9.19. The number of ether oxygens (including phenoxy) is 1. The maximum absolute atomic E-state index is 13.3. The highest BCUT2D eigenvalue weighted by Crippen LogP contribution is 2.21. The van der Waals surface area contributed by atoms with Gasteiger partial charge in [-0.15, -0.1) is 0 Å². The van der Waals surface area contributed by atoms with Crippen molar-refractivity contribution in [3.63, 3.8) is 0 Å². The molecule has 1 aromatic carbocycles. The largest absolute Gasteiger partial charge is 0.483 e. The SMILES string of the molecule is Cc1ccc(C(=O)N(C)CCC[C@H]2C(=O)N(C)CCCCc3ccccc3OCC(=O)N2C)cn1. The van der Waals surface area contributed by atoms with Crippen LogP contribution in [0.5, 0.6) is 5.75 Å². The van der Waals surface area contributed by atoms with Gasteiger partial charge in [0, 0.05) is 46.1 Å². The van der Waals surface area contributed by atoms with E-state index in [0.717, 1.165) is 36.3 Å². The standard InChI is InChI=1S/C27H36N4O4/c1-20-14-15-22(18-28-20)26(33)29(2)17-9-12-23-27(34)30(3)16-8-7-11-21-10-5-6-13-24(21)35-19-25(32)31(23)4/h5-6,10,13-15,18,23H,7-9,11-12,16-17,19H2,1-4H3/t23-/m0/s1. The molecule has 1 aliphatic heterocycles. The third-order valence-electron chi connectivity index (χ3n) is 6.51. The molecule has 0 fully saturated rings. The lowest BCUT2D eigenvalue weighted by Gasteiger charge is -2.31. The summed E-state index contributed by atoms with van der Waals surface area (Å²) in [5, 5.41) is 0. The molecule has 8 nitrogen and oxygen atoms in total. The number of likely N-dealkylation sites (N-methyl/N-ethyl adjacent to an activating group) is 2. The van der Waals surface area contributed by atoms with E-state index >= 15 is 0 Å². The molecule has 3 amide bonds. The molecule has 0 saturated carbocycles. The van der Waals surface area contributed by atoms with Crippen molar-refractivity contribution in [2.24, 2.45) is 0 Å². The van der Waals surface area contributed by atoms with Crippen LogP contribution in [0, 0.1) is 6.92 Å². The van der Waals surface area contributed by atoms with E-state index in [4.69, 9.17) is 4.74 Å². The second kappa shape index (κ2) is 12.3. The average molecular weight is 481 g/mol. The summed E-state index contributed by atoms with van der Waals surface area (Å²) in [6.07, 6.45) is 5.23. The number of fused-ring (bicyclic) bond motifs is 1. The Bertz CT molecular complexity index is 1020. The Kier molecular flexibility index (Phi) is 9.23. The number of benzene rings is 1. The van der Waals surface area contributed by atoms with Crippen LogP contribution >= 0.6 is 0 Å². The predicted octanol–water partition coefficient (Wildman–Crippen LogP) is 2.94. The van der Waals surface area contributed by atoms with Gasteiger partial charge >= 0.3 is 0 Å². The van der Waals surface area contributed by atoms with Gasteiger partial charge < -0.3 is 19.4 Å². The monoisotopic (exact) mass is 480 g/mol. The van der Waals surface area contributed by atoms with Gasteiger partial charge in [-0.2, -0.15) is 0 Å². The number of carbonyl (C=O) groups excluding carboxylic acids is 3. The molecule has 0 bridgehead atoms. The molecular weight excluding hydrogens is 444 g/mol. The first kappa shape index (κ1) is 26.2. The molecular formula is C27H36N4O4. The molecule has 1 aromatic heterocycles. The third-order valence-corrected chi connectivity index (χ3v) is 6.51. The highest BCUT2D eigenvalue weighted by atomic mass is 16.5. The Hall–Kier alpha value is -3.42. The van der Waals surface area contributed by atoms with Crippen LogP contribution in [0.2, 0.25) is 0 Å². The topological polar surface area (TPSA) is 83.1 Å². The molecule has 8 heteroatoms. The number of carbonyl (C=O) groups is 3. The number of rotatable bonds is 5. The van der Waals surface area contributed by atoms with Crippen LogP contribution in [0.15, 0.2) is 42.6 Å². The number of pyridine rings is 1. The fourth-order valence-corrected chi connectivity index (χ4v) is 4.22. The number of nitrogens with zero attached hydrogens (tertiary/aromatic N) is 4. The lowest BCUT2D eigenvalue weighted by atomic mass is 10.1. The number of hydrogen-bond acceptors (Lipinski definition) is 5. The van der Waals surface area contributed by atoms with Gasteiger partial charge in [0.25, 0.3) is 11.8 Å². The van der Waals surface area contributed by atoms with Crippen LogP contribution in [0.1, 0.15) is 47.3 Å². The van der Waals surface area contributed by atoms with Crippen molar-refractivity contribution >= 4 is 17.7 Å². The zero-order valence-corrected chi connectivity index (χ0v) is 21.2. The Balaban J connectivity index is 1.66. The van der Waals surface area contributed by atoms with Gasteiger partial charge in [0.05, 0.1) is 5.56 Å². The van der Waals surface area contributed by atoms with Crippen molar-refractivity contribution in [2.45, 2.75) is 45.1 Å².